The highest BCUT2D eigenvalue weighted by Gasteiger charge is 2.53. The lowest BCUT2D eigenvalue weighted by atomic mass is 9.78. The van der Waals surface area contributed by atoms with Crippen molar-refractivity contribution in [1.82, 2.24) is 64.7 Å². The lowest BCUT2D eigenvalue weighted by Gasteiger charge is -2.43. The molecule has 2 bridgehead atoms. The van der Waals surface area contributed by atoms with Crippen LogP contribution in [0.3, 0.4) is 0 Å². The molecule has 0 spiro atoms. The van der Waals surface area contributed by atoms with Crippen LogP contribution in [0, 0.1) is 35.5 Å². The summed E-state index contributed by atoms with van der Waals surface area (Å²) in [7, 11) is 4.59. The Kier molecular flexibility index (Phi) is 31.9. The molecule has 36 heteroatoms. The van der Waals surface area contributed by atoms with Gasteiger partial charge in [0.2, 0.25) is 23.6 Å². The largest absolute Gasteiger partial charge is 0.460 e. The number of hydrogen-bond acceptors (Lipinski definition) is 31. The summed E-state index contributed by atoms with van der Waals surface area (Å²) in [4.78, 5) is 131. The maximum atomic E-state index is 14.8. The number of oxazole rings is 1. The summed E-state index contributed by atoms with van der Waals surface area (Å²) in [5.41, 5.74) is 21.9. The number of nitrogens with zero attached hydrogens (tertiary/aromatic N) is 15. The normalized spacial score (nSPS) is 28.6. The smallest absolute Gasteiger partial charge is 0.436 e. The van der Waals surface area contributed by atoms with Crippen LogP contribution in [0.4, 0.5) is 28.5 Å². The molecule has 1 aliphatic carbocycles. The first kappa shape index (κ1) is 96.0. The summed E-state index contributed by atoms with van der Waals surface area (Å²) in [6, 6.07) is 10.7. The zero-order valence-corrected chi connectivity index (χ0v) is 76.6. The summed E-state index contributed by atoms with van der Waals surface area (Å²) < 4.78 is 43.6. The number of nitrogens with two attached hydrogens (primary N) is 2. The van der Waals surface area contributed by atoms with E-state index >= 15 is 0 Å². The van der Waals surface area contributed by atoms with Crippen molar-refractivity contribution < 1.29 is 86.9 Å². The first-order chi connectivity index (χ1) is 63.0. The quantitative estimate of drug-likeness (QED) is 0.00993. The number of methoxy groups -OCH3 is 3. The molecule has 0 unspecified atom stereocenters. The van der Waals surface area contributed by atoms with Gasteiger partial charge in [-0.15, -0.1) is 0 Å². The molecule has 2 aromatic carbocycles. The van der Waals surface area contributed by atoms with E-state index in [0.29, 0.717) is 168 Å². The van der Waals surface area contributed by atoms with E-state index in [2.05, 4.69) is 52.4 Å². The van der Waals surface area contributed by atoms with Gasteiger partial charge in [0.25, 0.3) is 23.6 Å². The van der Waals surface area contributed by atoms with Gasteiger partial charge in [0, 0.05) is 147 Å². The molecule has 3 saturated heterocycles. The number of nitrogen functional groups attached to an aromatic ring is 2. The van der Waals surface area contributed by atoms with Gasteiger partial charge in [-0.25, -0.2) is 44.2 Å². The monoisotopic (exact) mass is 1810 g/mol. The molecule has 5 aromatic heterocycles. The van der Waals surface area contributed by atoms with E-state index in [-0.39, 0.29) is 118 Å². The Labute approximate surface area is 762 Å². The highest BCUT2D eigenvalue weighted by Crippen LogP contribution is 2.40. The second kappa shape index (κ2) is 43.5. The predicted octanol–water partition coefficient (Wildman–Crippen LogP) is 8.74. The number of aromatic nitrogens is 9. The van der Waals surface area contributed by atoms with Gasteiger partial charge in [-0.2, -0.15) is 10.1 Å². The topological polar surface area (TPSA) is 462 Å². The average Bonchev–Trinajstić information content (AvgIpc) is 1.66. The summed E-state index contributed by atoms with van der Waals surface area (Å²) in [6.45, 7) is 17.8. The number of hydrogen-bond donors (Lipinski definition) is 7. The Bertz CT molecular complexity index is 5360. The molecule has 7 aliphatic rings. The zero-order valence-electron chi connectivity index (χ0n) is 76.6. The number of oxime groups is 1. The van der Waals surface area contributed by atoms with Gasteiger partial charge in [-0.1, -0.05) is 94.4 Å². The van der Waals surface area contributed by atoms with Crippen LogP contribution in [0.5, 0.6) is 0 Å². The molecule has 16 atom stereocenters. The number of carbonyl (C=O) groups excluding carboxylic acids is 6. The Morgan fingerprint density at radius 2 is 1.50 bits per heavy atom. The molecule has 6 aliphatic heterocycles. The number of rotatable bonds is 19. The summed E-state index contributed by atoms with van der Waals surface area (Å²) >= 11 is 0. The molecule has 9 N–H and O–H groups in total. The van der Waals surface area contributed by atoms with Crippen molar-refractivity contribution in [3.63, 3.8) is 0 Å². The number of piperazine rings is 1. The molecule has 704 valence electrons. The molecule has 14 rings (SSSR count). The number of fused-ring (bicyclic) bond motifs is 7. The number of benzene rings is 2. The first-order valence-electron chi connectivity index (χ1n) is 45.9. The van der Waals surface area contributed by atoms with Crippen LogP contribution < -0.4 is 26.6 Å². The SMILES string of the molecule is CO[C@H]1C[C@@H]2CC[C@@H](C)[C@@](O)(O2)C(=O)C(=O)N2CCCC[C@H]2C(=O)O[C@H]([C@H](C)C[C@@H]2CC[C@@H](O)[C@H](OC)C2)C[C@@H](O)[C@H](C)/C=C(\C)[C@@H](O)[C@@H](OC)/C(=N/OC(=O)N2CCc3nc(N4CCN(c5ncc(C(=O)NCCOCCC(=O)N6CCc7cc(Cn8nc(-c9ccc%10oc(N)nc%10c9)c9c(N)ncnc98)ccc7C6)cn5)CC4)ncc3C2)[C@H](C)C[C@H](C)/C=C/C=C/C=C/1C. The minimum atomic E-state index is -2.47. The second-order valence-electron chi connectivity index (χ2n) is 36.3. The van der Waals surface area contributed by atoms with E-state index in [1.54, 1.807) is 53.3 Å². The fourth-order valence-electron chi connectivity index (χ4n) is 19.2. The number of cyclic esters (lactones) is 1. The zero-order chi connectivity index (χ0) is 92.9. The van der Waals surface area contributed by atoms with Crippen LogP contribution in [0.2, 0.25) is 0 Å². The van der Waals surface area contributed by atoms with Crippen molar-refractivity contribution >= 4 is 87.1 Å². The summed E-state index contributed by atoms with van der Waals surface area (Å²) in [5, 5.41) is 60.7. The van der Waals surface area contributed by atoms with E-state index in [4.69, 9.17) is 64.2 Å². The van der Waals surface area contributed by atoms with Crippen LogP contribution in [-0.2, 0) is 84.9 Å². The molecular weight excluding hydrogens is 1680 g/mol. The number of ketones is 1. The Balaban J connectivity index is 0.564. The van der Waals surface area contributed by atoms with Gasteiger partial charge in [-0.05, 0) is 148 Å². The fraction of sp³-hybridized carbons (Fsp3) is 0.568. The second-order valence-corrected chi connectivity index (χ2v) is 36.3. The highest BCUT2D eigenvalue weighted by atomic mass is 16.7. The minimum Gasteiger partial charge on any atom is -0.460 e. The van der Waals surface area contributed by atoms with Crippen molar-refractivity contribution in [2.45, 2.75) is 225 Å². The van der Waals surface area contributed by atoms with Crippen LogP contribution in [0.25, 0.3) is 33.4 Å². The molecule has 131 heavy (non-hydrogen) atoms. The highest BCUT2D eigenvalue weighted by molar-refractivity contribution is 6.39. The van der Waals surface area contributed by atoms with Gasteiger partial charge in [-0.3, -0.25) is 24.0 Å². The lowest BCUT2D eigenvalue weighted by molar-refractivity contribution is -0.265. The number of carbonyl (C=O) groups is 6. The summed E-state index contributed by atoms with van der Waals surface area (Å²) in [6.07, 6.45) is 16.5. The van der Waals surface area contributed by atoms with Crippen molar-refractivity contribution in [3.05, 3.63) is 142 Å². The minimum absolute atomic E-state index is 0.0201. The first-order valence-corrected chi connectivity index (χ1v) is 45.9. The number of ether oxygens (including phenoxy) is 6. The van der Waals surface area contributed by atoms with Gasteiger partial charge >= 0.3 is 12.1 Å². The third-order valence-corrected chi connectivity index (χ3v) is 27.0. The Hall–Kier alpha value is -11.1. The van der Waals surface area contributed by atoms with E-state index in [1.807, 2.05) is 90.8 Å². The van der Waals surface area contributed by atoms with Crippen LogP contribution in [0.15, 0.2) is 118 Å². The standard InChI is InChI=1S/C95H126N18O18/c1-55-16-12-11-13-17-56(2)76(124-8)46-69-24-19-61(7)95(123,130-69)85(118)89(120)112-31-15-14-18-72(112)90(121)128-77(58(4)42-62-21-25-73(114)78(44-62)125-9)47-74(115)57(3)41-60(6)83(117)84(126-10)81(59(5)40-55)107-131-94(122)111-33-28-70-68(53-111)50-101-93(105-70)109-36-34-108(35-37-109)92-99-48-67(49-100-92)88(119)98-30-39-127-38-29-79(116)110-32-27-64-43-63(20-22-66(64)52-110)51-113-87-80(86(96)102-54-103-87)82(106-113)65-23-26-75-71(45-65)104-91(97)129-75/h11-13,16-17,20,22-23,26,41,43,45,48-50,54-55,57-59,61-62,69,72-74,76-78,83-84,114-115,117,123H,14-15,18-19,21,24-25,27-40,42,44,46-47,51-53H2,1-10H3,(H2,97,104)(H,98,119)(H2,96,102,103)/b13-11+,16-12+,56-17+,60-41+,107-81+/t55-,57-,58-,59-,61-,62+,69+,72+,73-,74-,76+,77+,78-,83-,84+,95-/m1/s1. The van der Waals surface area contributed by atoms with E-state index < -0.39 is 96.1 Å². The number of piperidine rings is 1. The molecule has 36 nitrogen and oxygen atoms in total. The maximum absolute atomic E-state index is 14.8. The van der Waals surface area contributed by atoms with E-state index in [9.17, 15) is 49.2 Å². The Morgan fingerprint density at radius 3 is 2.27 bits per heavy atom. The number of anilines is 4. The molecule has 11 heterocycles. The van der Waals surface area contributed by atoms with E-state index in [0.717, 1.165) is 39.1 Å². The van der Waals surface area contributed by atoms with Crippen LogP contribution in [-0.4, -0.2) is 269 Å². The number of amides is 4. The number of aliphatic hydroxyl groups is 4. The Morgan fingerprint density at radius 1 is 0.740 bits per heavy atom. The third-order valence-electron chi connectivity index (χ3n) is 27.0. The van der Waals surface area contributed by atoms with Crippen LogP contribution >= 0.6 is 0 Å². The van der Waals surface area contributed by atoms with Crippen molar-refractivity contribution in [2.75, 3.05) is 108 Å². The summed E-state index contributed by atoms with van der Waals surface area (Å²) in [5.74, 6) is -6.66. The van der Waals surface area contributed by atoms with Gasteiger partial charge in [0.1, 0.15) is 47.7 Å². The van der Waals surface area contributed by atoms with Gasteiger partial charge in [0.15, 0.2) is 11.2 Å². The average molecular weight is 1810 g/mol. The number of aliphatic hydroxyl groups excluding tert-OH is 3. The maximum Gasteiger partial charge on any atom is 0.436 e. The molecule has 1 saturated carbocycles. The number of allylic oxidation sites excluding steroid dienone is 5. The molecule has 0 radical (unpaired) electrons. The molecular formula is C95H126N18O18. The molecule has 4 amide bonds. The van der Waals surface area contributed by atoms with E-state index in [1.165, 1.54) is 35.6 Å². The van der Waals surface area contributed by atoms with Crippen molar-refractivity contribution in [1.29, 1.82) is 0 Å². The number of nitrogens with one attached hydrogen (secondary N) is 1. The predicted molar refractivity (Wildman–Crippen MR) is 487 cm³/mol. The molecule has 4 fully saturated rings. The van der Waals surface area contributed by atoms with Gasteiger partial charge in [0.05, 0.1) is 85.6 Å². The van der Waals surface area contributed by atoms with Gasteiger partial charge < -0.3 is 94.5 Å². The molecule has 7 aromatic rings. The van der Waals surface area contributed by atoms with Crippen LogP contribution in [0.1, 0.15) is 170 Å². The lowest BCUT2D eigenvalue weighted by Crippen LogP contribution is -2.61. The number of esters is 1. The van der Waals surface area contributed by atoms with Crippen molar-refractivity contribution in [2.24, 2.45) is 40.7 Å². The fourth-order valence-corrected chi connectivity index (χ4v) is 19.2. The number of Topliss-reactive ketones (excluding diaryl/α,β-unsaturated/α-hetero) is 1. The third kappa shape index (κ3) is 23.0. The van der Waals surface area contributed by atoms with Crippen molar-refractivity contribution in [3.8, 4) is 11.3 Å².